The first-order valence-corrected chi connectivity index (χ1v) is 5.27. The van der Waals surface area contributed by atoms with Gasteiger partial charge in [0.2, 0.25) is 0 Å². The molecule has 0 bridgehead atoms. The molecule has 0 aromatic heterocycles. The number of nitrogens with one attached hydrogen (secondary N) is 1. The van der Waals surface area contributed by atoms with Gasteiger partial charge < -0.3 is 10.1 Å². The molecule has 0 atom stereocenters. The van der Waals surface area contributed by atoms with Gasteiger partial charge in [-0.2, -0.15) is 13.2 Å². The van der Waals surface area contributed by atoms with Crippen molar-refractivity contribution in [2.24, 2.45) is 5.92 Å². The molecule has 0 amide bonds. The summed E-state index contributed by atoms with van der Waals surface area (Å²) in [4.78, 5) is 0. The molecule has 0 rings (SSSR count). The maximum Gasteiger partial charge on any atom is 0.390 e. The molecule has 92 valence electrons. The Labute approximate surface area is 89.2 Å². The van der Waals surface area contributed by atoms with E-state index in [1.165, 1.54) is 0 Å². The first-order valence-electron chi connectivity index (χ1n) is 5.27. The monoisotopic (exact) mass is 227 g/mol. The van der Waals surface area contributed by atoms with Crippen LogP contribution in [0.15, 0.2) is 0 Å². The SMILES string of the molecule is CC(C)CCOCCNCCC(F)(F)F. The van der Waals surface area contributed by atoms with Crippen LogP contribution in [0.2, 0.25) is 0 Å². The first kappa shape index (κ1) is 14.7. The molecule has 15 heavy (non-hydrogen) atoms. The highest BCUT2D eigenvalue weighted by molar-refractivity contribution is 4.54. The van der Waals surface area contributed by atoms with Gasteiger partial charge in [0.15, 0.2) is 0 Å². The second kappa shape index (κ2) is 7.93. The molecule has 0 aromatic rings. The highest BCUT2D eigenvalue weighted by Crippen LogP contribution is 2.17. The fourth-order valence-corrected chi connectivity index (χ4v) is 0.921. The Morgan fingerprint density at radius 3 is 2.33 bits per heavy atom. The molecule has 0 aliphatic rings. The molecule has 0 spiro atoms. The molecule has 0 saturated heterocycles. The van der Waals surface area contributed by atoms with E-state index in [-0.39, 0.29) is 6.54 Å². The van der Waals surface area contributed by atoms with Crippen molar-refractivity contribution in [3.63, 3.8) is 0 Å². The van der Waals surface area contributed by atoms with Gasteiger partial charge >= 0.3 is 6.18 Å². The van der Waals surface area contributed by atoms with Crippen molar-refractivity contribution in [2.45, 2.75) is 32.9 Å². The fourth-order valence-electron chi connectivity index (χ4n) is 0.921. The zero-order valence-electron chi connectivity index (χ0n) is 9.36. The van der Waals surface area contributed by atoms with Crippen molar-refractivity contribution >= 4 is 0 Å². The number of rotatable bonds is 8. The van der Waals surface area contributed by atoms with Crippen molar-refractivity contribution in [3.05, 3.63) is 0 Å². The second-order valence-corrected chi connectivity index (χ2v) is 3.91. The van der Waals surface area contributed by atoms with Crippen molar-refractivity contribution < 1.29 is 17.9 Å². The van der Waals surface area contributed by atoms with Gasteiger partial charge in [-0.1, -0.05) is 13.8 Å². The van der Waals surface area contributed by atoms with E-state index in [2.05, 4.69) is 19.2 Å². The van der Waals surface area contributed by atoms with Crippen LogP contribution in [0.1, 0.15) is 26.7 Å². The van der Waals surface area contributed by atoms with Crippen molar-refractivity contribution in [1.29, 1.82) is 0 Å². The van der Waals surface area contributed by atoms with Crippen LogP contribution in [0.4, 0.5) is 13.2 Å². The van der Waals surface area contributed by atoms with E-state index in [0.29, 0.717) is 25.7 Å². The van der Waals surface area contributed by atoms with Gasteiger partial charge in [0, 0.05) is 19.7 Å². The van der Waals surface area contributed by atoms with Gasteiger partial charge in [-0.15, -0.1) is 0 Å². The van der Waals surface area contributed by atoms with Crippen LogP contribution in [-0.4, -0.2) is 32.5 Å². The summed E-state index contributed by atoms with van der Waals surface area (Å²) in [6, 6.07) is 0. The highest BCUT2D eigenvalue weighted by atomic mass is 19.4. The maximum atomic E-state index is 11.7. The smallest absolute Gasteiger partial charge is 0.380 e. The number of ether oxygens (including phenoxy) is 1. The second-order valence-electron chi connectivity index (χ2n) is 3.91. The van der Waals surface area contributed by atoms with Crippen LogP contribution in [0.5, 0.6) is 0 Å². The quantitative estimate of drug-likeness (QED) is 0.643. The van der Waals surface area contributed by atoms with Gasteiger partial charge in [0.1, 0.15) is 0 Å². The Morgan fingerprint density at radius 2 is 1.80 bits per heavy atom. The van der Waals surface area contributed by atoms with E-state index in [9.17, 15) is 13.2 Å². The normalized spacial score (nSPS) is 12.4. The number of alkyl halides is 3. The van der Waals surface area contributed by atoms with Crippen LogP contribution in [0, 0.1) is 5.92 Å². The average molecular weight is 227 g/mol. The van der Waals surface area contributed by atoms with E-state index in [4.69, 9.17) is 4.74 Å². The van der Waals surface area contributed by atoms with Crippen LogP contribution in [0.3, 0.4) is 0 Å². The molecule has 0 unspecified atom stereocenters. The minimum absolute atomic E-state index is 0.0307. The number of hydrogen-bond donors (Lipinski definition) is 1. The summed E-state index contributed by atoms with van der Waals surface area (Å²) in [5, 5.41) is 2.69. The largest absolute Gasteiger partial charge is 0.390 e. The molecule has 0 fully saturated rings. The van der Waals surface area contributed by atoms with Crippen LogP contribution < -0.4 is 5.32 Å². The Morgan fingerprint density at radius 1 is 1.13 bits per heavy atom. The van der Waals surface area contributed by atoms with Crippen molar-refractivity contribution in [2.75, 3.05) is 26.3 Å². The molecule has 0 aromatic carbocycles. The lowest BCUT2D eigenvalue weighted by atomic mass is 10.1. The number of halogens is 3. The van der Waals surface area contributed by atoms with Crippen molar-refractivity contribution in [1.82, 2.24) is 5.32 Å². The average Bonchev–Trinajstić information content (AvgIpc) is 2.07. The van der Waals surface area contributed by atoms with Gasteiger partial charge in [-0.25, -0.2) is 0 Å². The summed E-state index contributed by atoms with van der Waals surface area (Å²) in [5.74, 6) is 0.600. The standard InChI is InChI=1S/C10H20F3NO/c1-9(2)3-7-15-8-6-14-5-4-10(11,12)13/h9,14H,3-8H2,1-2H3. The minimum Gasteiger partial charge on any atom is -0.380 e. The molecule has 2 nitrogen and oxygen atoms in total. The maximum absolute atomic E-state index is 11.7. The summed E-state index contributed by atoms with van der Waals surface area (Å²) in [7, 11) is 0. The van der Waals surface area contributed by atoms with E-state index < -0.39 is 12.6 Å². The topological polar surface area (TPSA) is 21.3 Å². The van der Waals surface area contributed by atoms with Gasteiger partial charge in [-0.3, -0.25) is 0 Å². The Kier molecular flexibility index (Phi) is 7.78. The minimum atomic E-state index is -4.06. The zero-order valence-corrected chi connectivity index (χ0v) is 9.36. The summed E-state index contributed by atoms with van der Waals surface area (Å²) < 4.78 is 40.3. The Balaban J connectivity index is 3.06. The summed E-state index contributed by atoms with van der Waals surface area (Å²) in [6.45, 7) is 5.81. The van der Waals surface area contributed by atoms with Gasteiger partial charge in [0.05, 0.1) is 13.0 Å². The lowest BCUT2D eigenvalue weighted by Crippen LogP contribution is -2.25. The lowest BCUT2D eigenvalue weighted by molar-refractivity contribution is -0.133. The van der Waals surface area contributed by atoms with E-state index in [0.717, 1.165) is 6.42 Å². The van der Waals surface area contributed by atoms with Crippen LogP contribution >= 0.6 is 0 Å². The summed E-state index contributed by atoms with van der Waals surface area (Å²) in [6.07, 6.45) is -3.85. The Hall–Kier alpha value is -0.290. The van der Waals surface area contributed by atoms with E-state index >= 15 is 0 Å². The van der Waals surface area contributed by atoms with Gasteiger partial charge in [0.25, 0.3) is 0 Å². The molecular formula is C10H20F3NO. The summed E-state index contributed by atoms with van der Waals surface area (Å²) >= 11 is 0. The lowest BCUT2D eigenvalue weighted by Gasteiger charge is -2.08. The molecule has 0 aliphatic carbocycles. The van der Waals surface area contributed by atoms with Gasteiger partial charge in [-0.05, 0) is 12.3 Å². The molecule has 5 heteroatoms. The van der Waals surface area contributed by atoms with Crippen LogP contribution in [0.25, 0.3) is 0 Å². The molecular weight excluding hydrogens is 207 g/mol. The van der Waals surface area contributed by atoms with E-state index in [1.54, 1.807) is 0 Å². The fraction of sp³-hybridized carbons (Fsp3) is 1.00. The van der Waals surface area contributed by atoms with Crippen molar-refractivity contribution in [3.8, 4) is 0 Å². The van der Waals surface area contributed by atoms with Crippen LogP contribution in [-0.2, 0) is 4.74 Å². The Bertz CT molecular complexity index is 148. The third-order valence-electron chi connectivity index (χ3n) is 1.85. The third-order valence-corrected chi connectivity index (χ3v) is 1.85. The predicted molar refractivity (Wildman–Crippen MR) is 53.8 cm³/mol. The highest BCUT2D eigenvalue weighted by Gasteiger charge is 2.25. The van der Waals surface area contributed by atoms with E-state index in [1.807, 2.05) is 0 Å². The molecule has 0 heterocycles. The summed E-state index contributed by atoms with van der Waals surface area (Å²) in [5.41, 5.74) is 0. The zero-order chi connectivity index (χ0) is 11.7. The molecule has 0 aliphatic heterocycles. The number of hydrogen-bond acceptors (Lipinski definition) is 2. The molecule has 0 saturated carbocycles. The first-order chi connectivity index (χ1) is 6.92. The predicted octanol–water partition coefficient (Wildman–Crippen LogP) is 2.59. The molecule has 1 N–H and O–H groups in total. The molecule has 0 radical (unpaired) electrons. The third kappa shape index (κ3) is 13.7.